The molecule has 35 atom stereocenters. The lowest BCUT2D eigenvalue weighted by atomic mass is 9.85. The van der Waals surface area contributed by atoms with E-state index >= 15 is 0 Å². The fraction of sp³-hybridized carbons (Fsp3) is 1.00. The molecular weight excluding hydrogens is 2010 g/mol. The number of unbranched alkanes of at least 4 members (excludes halogenated alkanes) is 7. The minimum Gasteiger partial charge on any atom is -0.390 e. The first-order valence-electron chi connectivity index (χ1n) is 44.5. The van der Waals surface area contributed by atoms with E-state index in [1.807, 2.05) is 0 Å². The van der Waals surface area contributed by atoms with Crippen LogP contribution in [0.4, 0.5) is 0 Å². The van der Waals surface area contributed by atoms with E-state index in [-0.39, 0.29) is 162 Å². The molecule has 808 valence electrons. The third-order valence-electron chi connectivity index (χ3n) is 23.2. The van der Waals surface area contributed by atoms with Gasteiger partial charge in [0.05, 0.1) is 98.7 Å². The van der Waals surface area contributed by atoms with E-state index in [0.29, 0.717) is 0 Å². The van der Waals surface area contributed by atoms with Gasteiger partial charge in [0.15, 0.2) is 44.0 Å². The van der Waals surface area contributed by atoms with E-state index in [9.17, 15) is 162 Å². The average molecular weight is 2140 g/mol. The quantitative estimate of drug-likeness (QED) is 0.0199. The highest BCUT2D eigenvalue weighted by Gasteiger charge is 2.60. The van der Waals surface area contributed by atoms with Crippen molar-refractivity contribution in [3.05, 3.63) is 0 Å². The third-order valence-corrected chi connectivity index (χ3v) is 28.9. The Labute approximate surface area is 791 Å². The fourth-order valence-electron chi connectivity index (χ4n) is 16.0. The van der Waals surface area contributed by atoms with Crippen molar-refractivity contribution in [3.8, 4) is 0 Å². The summed E-state index contributed by atoms with van der Waals surface area (Å²) >= 11 is 0. The molecule has 63 heteroatoms. The average Bonchev–Trinajstić information content (AvgIpc) is 0.788. The SMILES string of the molecule is O=S(=O)(O)CCCCOCC1OC2OC3C(COCCCCS(=O)(=O)O)OC(OC4C(COCCCCS(=O)(=O)O)OC(OC5C(COCCCCS(=O)(=O)O)OC(OC6C(COCCCCS(=O)(=O)O)OC(OC7C(COCCCCS(=O)(=O)O)OC(OC8C(COCCCCS(=O)(=O)O)OC(OCCCCC1C(O)C2O)C(O)C8O)C(O)C7O)C(O)C6O)C(O)C5O)C(O)C4O)C(O)C3O. The van der Waals surface area contributed by atoms with E-state index in [1.54, 1.807) is 0 Å². The number of hydrogen-bond acceptors (Lipinski definition) is 49. The summed E-state index contributed by atoms with van der Waals surface area (Å²) in [5.74, 6) is -6.20. The number of hydrogen-bond donors (Lipinski definition) is 21. The molecule has 21 N–H and O–H groups in total. The lowest BCUT2D eigenvalue weighted by Gasteiger charge is -2.50. The zero-order valence-electron chi connectivity index (χ0n) is 74.3. The number of aliphatic hydroxyl groups is 14. The molecule has 56 nitrogen and oxygen atoms in total. The number of ether oxygens (including phenoxy) is 21. The van der Waals surface area contributed by atoms with Crippen LogP contribution in [0.3, 0.4) is 0 Å². The van der Waals surface area contributed by atoms with Crippen LogP contribution in [0.25, 0.3) is 0 Å². The standard InChI is InChI=1S/C74H134O56S7/c75-48-40-17-1-2-25-117-68-56(83)49(76)62(42(119-68)34-111-19-4-11-27-132(92,93)94)126-70-58(85)51(78)64(44(121-70)36-113-21-6-13-29-134(98,99)100)128-72-60(87)53(80)66(46(123-72)38-115-23-8-15-31-136(104,105)106)130-74-61(88)54(81)67(47(124-74)39-116-24-9-16-32-137(107,108)109)129-73-59(86)52(79)65(45(122-73)37-114-22-7-14-30-135(101,102)103)127-71-57(84)50(77)63(43(120-71)35-112-20-5-12-28-133(95,96)97)125-69(55(48)82)118-41(40)33-110-18-3-10-26-131(89,90)91/h40-88H,1-39H2,(H,89,90,91)(H,92,93,94)(H,95,96,97)(H,98,99,100)(H,101,102,103)(H,104,105,106)(H,107,108,109). The fourth-order valence-corrected chi connectivity index (χ4v) is 20.0. The second-order valence-corrected chi connectivity index (χ2v) is 45.3. The number of rotatable bonds is 49. The first kappa shape index (κ1) is 120. The summed E-state index contributed by atoms with van der Waals surface area (Å²) in [6.07, 6.45) is -73.2. The van der Waals surface area contributed by atoms with Gasteiger partial charge in [-0.2, -0.15) is 58.9 Å². The van der Waals surface area contributed by atoms with Crippen molar-refractivity contribution in [2.45, 2.75) is 318 Å². The van der Waals surface area contributed by atoms with Gasteiger partial charge in [-0.05, 0) is 103 Å². The maximum Gasteiger partial charge on any atom is 0.264 e. The van der Waals surface area contributed by atoms with Gasteiger partial charge in [0, 0.05) is 58.8 Å². The largest absolute Gasteiger partial charge is 0.390 e. The Bertz CT molecular complexity index is 4350. The molecule has 0 aromatic heterocycles. The van der Waals surface area contributed by atoms with Crippen molar-refractivity contribution < 1.29 is 262 Å². The zero-order valence-corrected chi connectivity index (χ0v) is 80.0. The summed E-state index contributed by atoms with van der Waals surface area (Å²) in [4.78, 5) is 0. The van der Waals surface area contributed by atoms with Gasteiger partial charge in [-0.25, -0.2) is 0 Å². The van der Waals surface area contributed by atoms with Crippen molar-refractivity contribution in [1.82, 2.24) is 0 Å². The molecule has 24 heterocycles. The van der Waals surface area contributed by atoms with Crippen LogP contribution in [0.15, 0.2) is 0 Å². The van der Waals surface area contributed by atoms with E-state index in [1.165, 1.54) is 0 Å². The highest BCUT2D eigenvalue weighted by atomic mass is 32.2. The van der Waals surface area contributed by atoms with Gasteiger partial charge < -0.3 is 171 Å². The molecule has 14 bridgehead atoms. The minimum atomic E-state index is -4.52. The summed E-state index contributed by atoms with van der Waals surface area (Å²) in [5.41, 5.74) is 0. The molecule has 0 radical (unpaired) electrons. The molecule has 24 aliphatic heterocycles. The number of fused-ring (bicyclic) bond motifs is 1. The van der Waals surface area contributed by atoms with Crippen molar-refractivity contribution >= 4 is 70.8 Å². The maximum atomic E-state index is 12.4. The Hall–Kier alpha value is -2.03. The highest BCUT2D eigenvalue weighted by Crippen LogP contribution is 2.41. The van der Waals surface area contributed by atoms with E-state index < -0.39 is 372 Å². The van der Waals surface area contributed by atoms with Crippen LogP contribution in [0, 0.1) is 5.92 Å². The minimum absolute atomic E-state index is 0.0214. The van der Waals surface area contributed by atoms with Crippen LogP contribution in [0.2, 0.25) is 0 Å². The first-order valence-corrected chi connectivity index (χ1v) is 55.8. The Morgan fingerprint density at radius 3 is 0.562 bits per heavy atom. The molecule has 35 unspecified atom stereocenters. The van der Waals surface area contributed by atoms with Crippen LogP contribution in [0.1, 0.15) is 109 Å². The van der Waals surface area contributed by atoms with Crippen molar-refractivity contribution in [2.24, 2.45) is 5.92 Å². The molecule has 0 amide bonds. The van der Waals surface area contributed by atoms with Gasteiger partial charge in [-0.1, -0.05) is 6.42 Å². The smallest absolute Gasteiger partial charge is 0.264 e. The van der Waals surface area contributed by atoms with Gasteiger partial charge >= 0.3 is 0 Å². The number of aliphatic hydroxyl groups excluding tert-OH is 14. The Morgan fingerprint density at radius 1 is 0.197 bits per heavy atom. The maximum absolute atomic E-state index is 12.4. The van der Waals surface area contributed by atoms with Crippen LogP contribution in [0.5, 0.6) is 0 Å². The molecule has 0 saturated carbocycles. The summed E-state index contributed by atoms with van der Waals surface area (Å²) in [7, 11) is -31.4. The van der Waals surface area contributed by atoms with Gasteiger partial charge in [-0.3, -0.25) is 31.9 Å². The summed E-state index contributed by atoms with van der Waals surface area (Å²) in [6, 6.07) is 0. The normalized spacial score (nSPS) is 37.5. The zero-order chi connectivity index (χ0) is 101. The van der Waals surface area contributed by atoms with Crippen molar-refractivity contribution in [1.29, 1.82) is 0 Å². The molecule has 0 aromatic carbocycles. The summed E-state index contributed by atoms with van der Waals surface area (Å²) in [5, 5.41) is 171. The molecule has 24 rings (SSSR count). The van der Waals surface area contributed by atoms with Crippen LogP contribution in [-0.4, -0.2) is 510 Å². The van der Waals surface area contributed by atoms with Crippen molar-refractivity contribution in [2.75, 3.05) is 139 Å². The Morgan fingerprint density at radius 2 is 0.365 bits per heavy atom. The van der Waals surface area contributed by atoms with Gasteiger partial charge in [0.1, 0.15) is 153 Å². The van der Waals surface area contributed by atoms with Crippen molar-refractivity contribution in [3.63, 3.8) is 0 Å². The topological polar surface area (TPSA) is 858 Å². The first-order chi connectivity index (χ1) is 64.2. The molecule has 24 fully saturated rings. The van der Waals surface area contributed by atoms with Gasteiger partial charge in [0.2, 0.25) is 0 Å². The van der Waals surface area contributed by atoms with E-state index in [2.05, 4.69) is 0 Å². The lowest BCUT2D eigenvalue weighted by molar-refractivity contribution is -0.399. The third kappa shape index (κ3) is 40.5. The Kier molecular flexibility index (Phi) is 49.5. The second-order valence-electron chi connectivity index (χ2n) is 34.3. The Balaban J connectivity index is 1.19. The highest BCUT2D eigenvalue weighted by molar-refractivity contribution is 7.87. The van der Waals surface area contributed by atoms with Crippen LogP contribution >= 0.6 is 0 Å². The summed E-state index contributed by atoms with van der Waals surface area (Å²) < 4.78 is 357. The lowest BCUT2D eigenvalue weighted by Crippen LogP contribution is -2.68. The second kappa shape index (κ2) is 56.4. The van der Waals surface area contributed by atoms with Crippen LogP contribution < -0.4 is 0 Å². The predicted molar refractivity (Wildman–Crippen MR) is 453 cm³/mol. The van der Waals surface area contributed by atoms with Gasteiger partial charge in [-0.15, -0.1) is 0 Å². The molecule has 0 aromatic rings. The van der Waals surface area contributed by atoms with E-state index in [4.69, 9.17) is 99.5 Å². The van der Waals surface area contributed by atoms with Crippen LogP contribution in [-0.2, 0) is 170 Å². The molecule has 137 heavy (non-hydrogen) atoms. The van der Waals surface area contributed by atoms with Gasteiger partial charge in [0.25, 0.3) is 70.8 Å². The monoisotopic (exact) mass is 2140 g/mol. The predicted octanol–water partition coefficient (Wildman–Crippen LogP) is -8.97. The molecule has 0 spiro atoms. The molecule has 24 saturated heterocycles. The molecular formula is C74H134O56S7. The molecule has 24 aliphatic rings. The summed E-state index contributed by atoms with van der Waals surface area (Å²) in [6.45, 7) is -7.58. The van der Waals surface area contributed by atoms with E-state index in [0.717, 1.165) is 0 Å². The molecule has 0 aliphatic carbocycles.